The van der Waals surface area contributed by atoms with Crippen LogP contribution >= 0.6 is 0 Å². The maximum atomic E-state index is 11.2. The Morgan fingerprint density at radius 1 is 1.03 bits per heavy atom. The molecule has 0 amide bonds. The molecule has 0 unspecified atom stereocenters. The highest BCUT2D eigenvalue weighted by Gasteiger charge is 2.70. The van der Waals surface area contributed by atoms with Crippen molar-refractivity contribution in [3.8, 4) is 0 Å². The van der Waals surface area contributed by atoms with Crippen molar-refractivity contribution in [3.05, 3.63) is 12.2 Å². The van der Waals surface area contributed by atoms with Crippen LogP contribution in [0.3, 0.4) is 0 Å². The topological polar surface area (TPSA) is 44.8 Å². The summed E-state index contributed by atoms with van der Waals surface area (Å²) in [5.74, 6) is 4.61. The van der Waals surface area contributed by atoms with Crippen LogP contribution in [-0.4, -0.2) is 35.5 Å². The van der Waals surface area contributed by atoms with Gasteiger partial charge in [-0.05, 0) is 137 Å². The molecule has 0 aromatic carbocycles. The van der Waals surface area contributed by atoms with Crippen LogP contribution in [0.4, 0.5) is 0 Å². The second-order valence-electron chi connectivity index (χ2n) is 16.7. The van der Waals surface area contributed by atoms with Crippen molar-refractivity contribution in [1.29, 1.82) is 0 Å². The van der Waals surface area contributed by atoms with Gasteiger partial charge in [0.25, 0.3) is 0 Å². The van der Waals surface area contributed by atoms with E-state index in [1.54, 1.807) is 5.57 Å². The van der Waals surface area contributed by atoms with Gasteiger partial charge in [-0.3, -0.25) is 0 Å². The predicted octanol–water partition coefficient (Wildman–Crippen LogP) is 8.06. The van der Waals surface area contributed by atoms with Gasteiger partial charge in [0.1, 0.15) is 0 Å². The average molecular weight is 526 g/mol. The van der Waals surface area contributed by atoms with Gasteiger partial charge >= 0.3 is 0 Å². The molecule has 0 radical (unpaired) electrons. The van der Waals surface area contributed by atoms with Crippen LogP contribution < -0.4 is 5.32 Å². The van der Waals surface area contributed by atoms with E-state index in [4.69, 9.17) is 11.3 Å². The molecule has 3 nitrogen and oxygen atoms in total. The molecule has 3 heteroatoms. The first-order valence-electron chi connectivity index (χ1n) is 16.8. The SMILES string of the molecule is C=C1C[C@@]2(CC[C@H](CCC3(O)CCCCC3)C2)[C@@H]2O[C@@]23C[C@@H](CNCCC(C)C)C[C@@H](C3)[C@@H]2[C@@H]1CC2(C)C. The molecule has 1 saturated heterocycles. The van der Waals surface area contributed by atoms with Gasteiger partial charge in [0.15, 0.2) is 0 Å². The molecule has 2 spiro atoms. The van der Waals surface area contributed by atoms with Crippen molar-refractivity contribution in [2.24, 2.45) is 46.3 Å². The van der Waals surface area contributed by atoms with Gasteiger partial charge in [-0.1, -0.05) is 59.1 Å². The van der Waals surface area contributed by atoms with Gasteiger partial charge in [-0.15, -0.1) is 0 Å². The van der Waals surface area contributed by atoms with Gasteiger partial charge in [0, 0.05) is 5.41 Å². The van der Waals surface area contributed by atoms with Crippen molar-refractivity contribution in [3.63, 3.8) is 0 Å². The summed E-state index contributed by atoms with van der Waals surface area (Å²) in [4.78, 5) is 0. The van der Waals surface area contributed by atoms with Crippen molar-refractivity contribution in [1.82, 2.24) is 5.32 Å². The standard InChI is InChI=1S/C35H59NO2/c1-24(2)11-16-36-23-27-17-28-21-35(20-27)31(38-35)33(18-25(3)29-22-32(4,5)30(28)29)14-9-26(19-33)10-15-34(37)12-7-6-8-13-34/h24,26-31,36-37H,3,6-23H2,1-2,4-5H3/t26-,27+,28+,29-,30-,31+,33-,35-/m1/s1. The monoisotopic (exact) mass is 525 g/mol. The molecule has 6 rings (SSSR count). The summed E-state index contributed by atoms with van der Waals surface area (Å²) in [7, 11) is 0. The van der Waals surface area contributed by atoms with E-state index in [1.807, 2.05) is 0 Å². The van der Waals surface area contributed by atoms with Crippen molar-refractivity contribution in [2.45, 2.75) is 148 Å². The minimum absolute atomic E-state index is 0.143. The van der Waals surface area contributed by atoms with Gasteiger partial charge in [0.2, 0.25) is 0 Å². The maximum Gasteiger partial charge on any atom is 0.0960 e. The highest BCUT2D eigenvalue weighted by molar-refractivity contribution is 5.25. The van der Waals surface area contributed by atoms with E-state index in [9.17, 15) is 5.11 Å². The summed E-state index contributed by atoms with van der Waals surface area (Å²) in [5.41, 5.74) is 2.10. The van der Waals surface area contributed by atoms with Crippen LogP contribution in [0.25, 0.3) is 0 Å². The van der Waals surface area contributed by atoms with Gasteiger partial charge in [0.05, 0.1) is 17.3 Å². The molecule has 216 valence electrons. The number of hydrogen-bond acceptors (Lipinski definition) is 3. The Hall–Kier alpha value is -0.380. The molecule has 0 aromatic rings. The van der Waals surface area contributed by atoms with E-state index < -0.39 is 0 Å². The lowest BCUT2D eigenvalue weighted by Gasteiger charge is -2.58. The number of epoxide rings is 1. The largest absolute Gasteiger partial charge is 0.390 e. The first-order chi connectivity index (χ1) is 18.0. The second kappa shape index (κ2) is 10.2. The lowest BCUT2D eigenvalue weighted by molar-refractivity contribution is -0.0649. The highest BCUT2D eigenvalue weighted by atomic mass is 16.6. The maximum absolute atomic E-state index is 11.2. The summed E-state index contributed by atoms with van der Waals surface area (Å²) in [6.07, 6.45) is 20.3. The molecule has 1 aliphatic heterocycles. The number of hydrogen-bond donors (Lipinski definition) is 2. The van der Waals surface area contributed by atoms with Crippen molar-refractivity contribution >= 4 is 0 Å². The molecule has 6 aliphatic rings. The zero-order valence-corrected chi connectivity index (χ0v) is 25.3. The summed E-state index contributed by atoms with van der Waals surface area (Å²) in [6, 6.07) is 0. The lowest BCUT2D eigenvalue weighted by atomic mass is 9.47. The fourth-order valence-corrected chi connectivity index (χ4v) is 11.0. The van der Waals surface area contributed by atoms with Crippen LogP contribution in [0.5, 0.6) is 0 Å². The molecule has 38 heavy (non-hydrogen) atoms. The molecule has 8 atom stereocenters. The first-order valence-corrected chi connectivity index (χ1v) is 16.8. The smallest absolute Gasteiger partial charge is 0.0960 e. The number of rotatable bonds is 8. The Kier molecular flexibility index (Phi) is 7.43. The van der Waals surface area contributed by atoms with E-state index in [0.717, 1.165) is 61.3 Å². The van der Waals surface area contributed by atoms with Gasteiger partial charge < -0.3 is 15.2 Å². The number of aliphatic hydroxyl groups is 1. The summed E-state index contributed by atoms with van der Waals surface area (Å²) in [5, 5.41) is 15.1. The third-order valence-corrected chi connectivity index (χ3v) is 12.8. The van der Waals surface area contributed by atoms with E-state index in [2.05, 4.69) is 33.0 Å². The Bertz CT molecular complexity index is 873. The first kappa shape index (κ1) is 27.8. The normalized spacial score (nSPS) is 45.1. The second-order valence-corrected chi connectivity index (χ2v) is 16.7. The average Bonchev–Trinajstić information content (AvgIpc) is 3.36. The fraction of sp³-hybridized carbons (Fsp3) is 0.943. The molecule has 5 aliphatic carbocycles. The molecule has 1 heterocycles. The zero-order valence-electron chi connectivity index (χ0n) is 25.3. The zero-order chi connectivity index (χ0) is 26.8. The third-order valence-electron chi connectivity index (χ3n) is 12.8. The Labute approximate surface area is 234 Å². The number of allylic oxidation sites excluding steroid dienone is 1. The fourth-order valence-electron chi connectivity index (χ4n) is 11.0. The van der Waals surface area contributed by atoms with Crippen LogP contribution in [0, 0.1) is 46.3 Å². The molecule has 2 N–H and O–H groups in total. The van der Waals surface area contributed by atoms with Crippen LogP contribution in [0.15, 0.2) is 12.2 Å². The van der Waals surface area contributed by atoms with Gasteiger partial charge in [-0.25, -0.2) is 0 Å². The van der Waals surface area contributed by atoms with E-state index in [1.165, 1.54) is 90.0 Å². The van der Waals surface area contributed by atoms with Crippen LogP contribution in [-0.2, 0) is 4.74 Å². The van der Waals surface area contributed by atoms with E-state index in [0.29, 0.717) is 16.9 Å². The Balaban J connectivity index is 1.18. The summed E-state index contributed by atoms with van der Waals surface area (Å²) >= 11 is 0. The number of nitrogens with one attached hydrogen (secondary N) is 1. The molecular formula is C35H59NO2. The molecule has 2 bridgehead atoms. The molecule has 0 aromatic heterocycles. The number of fused-ring (bicyclic) bond motifs is 4. The van der Waals surface area contributed by atoms with E-state index >= 15 is 0 Å². The molecule has 6 fully saturated rings. The van der Waals surface area contributed by atoms with Crippen molar-refractivity contribution < 1.29 is 9.84 Å². The highest BCUT2D eigenvalue weighted by Crippen LogP contribution is 2.70. The number of ether oxygens (including phenoxy) is 1. The molecule has 5 saturated carbocycles. The molecular weight excluding hydrogens is 466 g/mol. The quantitative estimate of drug-likeness (QED) is 0.191. The Morgan fingerprint density at radius 3 is 2.55 bits per heavy atom. The van der Waals surface area contributed by atoms with E-state index in [-0.39, 0.29) is 11.2 Å². The summed E-state index contributed by atoms with van der Waals surface area (Å²) in [6.45, 7) is 16.9. The van der Waals surface area contributed by atoms with Gasteiger partial charge in [-0.2, -0.15) is 0 Å². The lowest BCUT2D eigenvalue weighted by Crippen LogP contribution is -2.51. The Morgan fingerprint density at radius 2 is 1.82 bits per heavy atom. The van der Waals surface area contributed by atoms with Crippen LogP contribution in [0.2, 0.25) is 0 Å². The summed E-state index contributed by atoms with van der Waals surface area (Å²) < 4.78 is 7.03. The van der Waals surface area contributed by atoms with Crippen LogP contribution in [0.1, 0.15) is 130 Å². The third kappa shape index (κ3) is 5.20. The predicted molar refractivity (Wildman–Crippen MR) is 157 cm³/mol. The minimum Gasteiger partial charge on any atom is -0.390 e. The van der Waals surface area contributed by atoms with Crippen molar-refractivity contribution in [2.75, 3.05) is 13.1 Å². The minimum atomic E-state index is -0.371.